The van der Waals surface area contributed by atoms with Crippen LogP contribution in [-0.4, -0.2) is 31.4 Å². The molecule has 4 rings (SSSR count). The molecule has 3 aromatic rings. The van der Waals surface area contributed by atoms with Crippen LogP contribution in [0.2, 0.25) is 0 Å². The Balaban J connectivity index is 1.59. The molecule has 0 fully saturated rings. The summed E-state index contributed by atoms with van der Waals surface area (Å²) in [6.07, 6.45) is 4.21. The Morgan fingerprint density at radius 1 is 1.28 bits per heavy atom. The number of fused-ring (bicyclic) bond motifs is 1. The second-order valence-corrected chi connectivity index (χ2v) is 6.66. The minimum atomic E-state index is -0.0482. The molecule has 3 aromatic heterocycles. The largest absolute Gasteiger partial charge is 0.361 e. The molecule has 1 aliphatic rings. The van der Waals surface area contributed by atoms with Gasteiger partial charge in [0.15, 0.2) is 0 Å². The fourth-order valence-electron chi connectivity index (χ4n) is 3.43. The first-order valence-corrected chi connectivity index (χ1v) is 8.50. The lowest BCUT2D eigenvalue weighted by Crippen LogP contribution is -2.35. The highest BCUT2D eigenvalue weighted by Crippen LogP contribution is 2.20. The monoisotopic (exact) mass is 335 g/mol. The van der Waals surface area contributed by atoms with Crippen molar-refractivity contribution in [3.63, 3.8) is 0 Å². The van der Waals surface area contributed by atoms with Crippen LogP contribution in [0.4, 0.5) is 0 Å². The molecule has 0 amide bonds. The molecular formula is C19H21N5O. The van der Waals surface area contributed by atoms with Gasteiger partial charge in [-0.2, -0.15) is 0 Å². The van der Waals surface area contributed by atoms with Crippen LogP contribution in [0.25, 0.3) is 11.4 Å². The third kappa shape index (κ3) is 3.13. The van der Waals surface area contributed by atoms with Gasteiger partial charge in [-0.25, -0.2) is 4.98 Å². The Hall–Kier alpha value is -2.73. The van der Waals surface area contributed by atoms with Crippen LogP contribution in [0, 0.1) is 13.8 Å². The van der Waals surface area contributed by atoms with Gasteiger partial charge in [-0.05, 0) is 37.6 Å². The van der Waals surface area contributed by atoms with Crippen LogP contribution in [0.3, 0.4) is 0 Å². The molecule has 0 saturated carbocycles. The number of H-pyrrole nitrogens is 2. The maximum Gasteiger partial charge on any atom is 0.255 e. The molecule has 0 aromatic carbocycles. The number of nitrogens with one attached hydrogen (secondary N) is 2. The summed E-state index contributed by atoms with van der Waals surface area (Å²) in [6.45, 7) is 6.53. The number of aromatic amines is 2. The van der Waals surface area contributed by atoms with E-state index in [0.29, 0.717) is 12.4 Å². The molecule has 6 nitrogen and oxygen atoms in total. The Labute approximate surface area is 146 Å². The van der Waals surface area contributed by atoms with Gasteiger partial charge in [-0.15, -0.1) is 0 Å². The van der Waals surface area contributed by atoms with Crippen LogP contribution < -0.4 is 5.56 Å². The molecule has 1 aliphatic heterocycles. The number of aryl methyl sites for hydroxylation is 2. The molecule has 25 heavy (non-hydrogen) atoms. The average Bonchev–Trinajstić information content (AvgIpc) is 2.93. The van der Waals surface area contributed by atoms with Crippen molar-refractivity contribution in [3.05, 3.63) is 69.2 Å². The number of aromatic nitrogens is 4. The van der Waals surface area contributed by atoms with Gasteiger partial charge in [-0.1, -0.05) is 0 Å². The van der Waals surface area contributed by atoms with E-state index >= 15 is 0 Å². The molecule has 2 N–H and O–H groups in total. The van der Waals surface area contributed by atoms with Crippen molar-refractivity contribution < 1.29 is 0 Å². The third-order valence-electron chi connectivity index (χ3n) is 4.72. The van der Waals surface area contributed by atoms with E-state index in [0.717, 1.165) is 36.3 Å². The molecule has 0 spiro atoms. The lowest BCUT2D eigenvalue weighted by Gasteiger charge is -2.27. The van der Waals surface area contributed by atoms with Crippen molar-refractivity contribution in [2.45, 2.75) is 33.4 Å². The molecule has 0 unspecified atom stereocenters. The predicted molar refractivity (Wildman–Crippen MR) is 96.2 cm³/mol. The number of nitrogens with zero attached hydrogens (tertiary/aromatic N) is 3. The van der Waals surface area contributed by atoms with E-state index in [2.05, 4.69) is 44.7 Å². The zero-order valence-electron chi connectivity index (χ0n) is 14.5. The van der Waals surface area contributed by atoms with Gasteiger partial charge in [-0.3, -0.25) is 14.7 Å². The minimum Gasteiger partial charge on any atom is -0.361 e. The standard InChI is InChI=1S/C19H21N5O/c1-12-8-13(2)21-17(12)11-24-7-5-16-15(10-24)19(25)23-18(22-16)14-4-3-6-20-9-14/h3-4,6,8-9,21H,5,7,10-11H2,1-2H3,(H,22,23,25). The fourth-order valence-corrected chi connectivity index (χ4v) is 3.43. The molecule has 6 heteroatoms. The summed E-state index contributed by atoms with van der Waals surface area (Å²) in [5.41, 5.74) is 6.12. The molecule has 4 heterocycles. The second kappa shape index (κ2) is 6.29. The van der Waals surface area contributed by atoms with Gasteiger partial charge in [0.2, 0.25) is 0 Å². The number of hydrogen-bond acceptors (Lipinski definition) is 4. The van der Waals surface area contributed by atoms with Crippen molar-refractivity contribution >= 4 is 0 Å². The van der Waals surface area contributed by atoms with Crippen LogP contribution >= 0.6 is 0 Å². The maximum absolute atomic E-state index is 12.6. The number of pyridine rings is 1. The highest BCUT2D eigenvalue weighted by Gasteiger charge is 2.22. The van der Waals surface area contributed by atoms with Crippen molar-refractivity contribution in [1.29, 1.82) is 0 Å². The quantitative estimate of drug-likeness (QED) is 0.770. The summed E-state index contributed by atoms with van der Waals surface area (Å²) >= 11 is 0. The summed E-state index contributed by atoms with van der Waals surface area (Å²) < 4.78 is 0. The Kier molecular flexibility index (Phi) is 3.97. The Bertz CT molecular complexity index is 958. The zero-order valence-corrected chi connectivity index (χ0v) is 14.5. The SMILES string of the molecule is Cc1cc(C)c(CN2CCc3nc(-c4cccnc4)[nH]c(=O)c3C2)[nH]1. The first-order chi connectivity index (χ1) is 12.1. The van der Waals surface area contributed by atoms with E-state index in [1.807, 2.05) is 12.1 Å². The maximum atomic E-state index is 12.6. The Morgan fingerprint density at radius 3 is 2.88 bits per heavy atom. The first-order valence-electron chi connectivity index (χ1n) is 8.50. The summed E-state index contributed by atoms with van der Waals surface area (Å²) in [4.78, 5) is 30.0. The predicted octanol–water partition coefficient (Wildman–Crippen LogP) is 2.34. The first kappa shape index (κ1) is 15.8. The van der Waals surface area contributed by atoms with Gasteiger partial charge in [0.25, 0.3) is 5.56 Å². The lowest BCUT2D eigenvalue weighted by atomic mass is 10.1. The minimum absolute atomic E-state index is 0.0482. The van der Waals surface area contributed by atoms with Gasteiger partial charge >= 0.3 is 0 Å². The topological polar surface area (TPSA) is 77.7 Å². The van der Waals surface area contributed by atoms with Crippen molar-refractivity contribution in [2.24, 2.45) is 0 Å². The van der Waals surface area contributed by atoms with Crippen molar-refractivity contribution in [3.8, 4) is 11.4 Å². The van der Waals surface area contributed by atoms with Crippen molar-refractivity contribution in [2.75, 3.05) is 6.54 Å². The lowest BCUT2D eigenvalue weighted by molar-refractivity contribution is 0.239. The van der Waals surface area contributed by atoms with Gasteiger partial charge < -0.3 is 9.97 Å². The van der Waals surface area contributed by atoms with E-state index in [1.54, 1.807) is 12.4 Å². The van der Waals surface area contributed by atoms with Gasteiger partial charge in [0.1, 0.15) is 5.82 Å². The van der Waals surface area contributed by atoms with Crippen LogP contribution in [0.1, 0.15) is 28.2 Å². The van der Waals surface area contributed by atoms with Gasteiger partial charge in [0, 0.05) is 55.4 Å². The molecule has 0 aliphatic carbocycles. The molecule has 0 radical (unpaired) electrons. The number of rotatable bonds is 3. The zero-order chi connectivity index (χ0) is 17.4. The van der Waals surface area contributed by atoms with E-state index in [-0.39, 0.29) is 5.56 Å². The highest BCUT2D eigenvalue weighted by atomic mass is 16.1. The van der Waals surface area contributed by atoms with E-state index in [4.69, 9.17) is 0 Å². The second-order valence-electron chi connectivity index (χ2n) is 6.66. The van der Waals surface area contributed by atoms with Crippen LogP contribution in [0.5, 0.6) is 0 Å². The summed E-state index contributed by atoms with van der Waals surface area (Å²) in [5, 5.41) is 0. The average molecular weight is 335 g/mol. The summed E-state index contributed by atoms with van der Waals surface area (Å²) in [5.74, 6) is 0.598. The molecule has 0 saturated heterocycles. The Morgan fingerprint density at radius 2 is 2.16 bits per heavy atom. The summed E-state index contributed by atoms with van der Waals surface area (Å²) in [6, 6.07) is 5.90. The van der Waals surface area contributed by atoms with Crippen LogP contribution in [0.15, 0.2) is 35.4 Å². The molecule has 0 atom stereocenters. The third-order valence-corrected chi connectivity index (χ3v) is 4.72. The van der Waals surface area contributed by atoms with Gasteiger partial charge in [0.05, 0.1) is 11.3 Å². The van der Waals surface area contributed by atoms with Crippen molar-refractivity contribution in [1.82, 2.24) is 24.8 Å². The molecule has 0 bridgehead atoms. The number of hydrogen-bond donors (Lipinski definition) is 2. The fraction of sp³-hybridized carbons (Fsp3) is 0.316. The van der Waals surface area contributed by atoms with E-state index in [1.165, 1.54) is 17.0 Å². The van der Waals surface area contributed by atoms with E-state index < -0.39 is 0 Å². The highest BCUT2D eigenvalue weighted by molar-refractivity contribution is 5.53. The van der Waals surface area contributed by atoms with E-state index in [9.17, 15) is 4.79 Å². The molecule has 128 valence electrons. The smallest absolute Gasteiger partial charge is 0.255 e. The molecular weight excluding hydrogens is 314 g/mol. The van der Waals surface area contributed by atoms with Crippen LogP contribution in [-0.2, 0) is 19.5 Å². The normalized spacial score (nSPS) is 14.5. The summed E-state index contributed by atoms with van der Waals surface area (Å²) in [7, 11) is 0.